The zero-order valence-electron chi connectivity index (χ0n) is 37.0. The molecule has 13 aromatic rings. The molecule has 0 saturated heterocycles. The standard InChI is InChI=1S/C60H46N4/c1-35-25-36(2)28-43(27-35)61(53-19-9-7-13-39(53)5)41-21-23-45-47-15-11-17-49-51-34-58-52(33-57(51)63(59(47)49)55(45)31-41)50-18-12-16-48-46-24-22-42(32-56(46)64(58)60(48)50)62(54-20-10-8-14-40(54)6)44-29-37(3)26-38(4)30-44/h7-34H,1-6H3. The minimum absolute atomic E-state index is 1.14. The fourth-order valence-corrected chi connectivity index (χ4v) is 11.3. The van der Waals surface area contributed by atoms with E-state index in [9.17, 15) is 0 Å². The smallest absolute Gasteiger partial charge is 0.0620 e. The average Bonchev–Trinajstić information content (AvgIpc) is 4.00. The number of para-hydroxylation sites is 4. The van der Waals surface area contributed by atoms with Crippen LogP contribution in [0, 0.1) is 41.5 Å². The van der Waals surface area contributed by atoms with Gasteiger partial charge in [-0.15, -0.1) is 0 Å². The lowest BCUT2D eigenvalue weighted by molar-refractivity contribution is 1.23. The molecule has 13 rings (SSSR count). The molecule has 4 aromatic heterocycles. The SMILES string of the molecule is Cc1cc(C)cc(N(c2ccc3c4cccc5c6cc7c(cc6n(c3c2)c45)c2cccc3c4ccc(N(c5cc(C)cc(C)c5)c5ccccc5C)cc4n7c32)c2ccccc2C)c1. The molecule has 0 atom stereocenters. The van der Waals surface area contributed by atoms with Crippen LogP contribution in [0.2, 0.25) is 0 Å². The number of benzene rings is 9. The molecule has 0 spiro atoms. The number of hydrogen-bond donors (Lipinski definition) is 0. The molecule has 0 aliphatic carbocycles. The summed E-state index contributed by atoms with van der Waals surface area (Å²) in [5, 5.41) is 10.2. The quantitative estimate of drug-likeness (QED) is 0.166. The molecule has 0 aliphatic heterocycles. The van der Waals surface area contributed by atoms with Crippen LogP contribution in [0.4, 0.5) is 34.1 Å². The van der Waals surface area contributed by atoms with Gasteiger partial charge in [0, 0.05) is 77.2 Å². The second-order valence-electron chi connectivity index (χ2n) is 18.3. The molecule has 0 radical (unpaired) electrons. The Morgan fingerprint density at radius 3 is 1.03 bits per heavy atom. The molecule has 0 amide bonds. The highest BCUT2D eigenvalue weighted by Crippen LogP contribution is 2.47. The number of rotatable bonds is 6. The summed E-state index contributed by atoms with van der Waals surface area (Å²) in [6, 6.07) is 64.0. The van der Waals surface area contributed by atoms with E-state index in [-0.39, 0.29) is 0 Å². The summed E-state index contributed by atoms with van der Waals surface area (Å²) >= 11 is 0. The molecule has 0 unspecified atom stereocenters. The zero-order valence-corrected chi connectivity index (χ0v) is 37.0. The van der Waals surface area contributed by atoms with Gasteiger partial charge in [0.1, 0.15) is 0 Å². The van der Waals surface area contributed by atoms with Gasteiger partial charge in [0.15, 0.2) is 0 Å². The Bertz CT molecular complexity index is 3750. The first-order valence-electron chi connectivity index (χ1n) is 22.4. The Labute approximate surface area is 372 Å². The van der Waals surface area contributed by atoms with Gasteiger partial charge in [0.2, 0.25) is 0 Å². The number of nitrogens with zero attached hydrogens (tertiary/aromatic N) is 4. The van der Waals surface area contributed by atoms with Crippen LogP contribution >= 0.6 is 0 Å². The lowest BCUT2D eigenvalue weighted by atomic mass is 10.0. The van der Waals surface area contributed by atoms with Crippen molar-refractivity contribution in [3.05, 3.63) is 203 Å². The molecule has 306 valence electrons. The summed E-state index contributed by atoms with van der Waals surface area (Å²) in [5.74, 6) is 0. The van der Waals surface area contributed by atoms with Crippen molar-refractivity contribution in [2.75, 3.05) is 9.80 Å². The van der Waals surface area contributed by atoms with E-state index in [0.717, 1.165) is 11.4 Å². The molecular formula is C60H46N4. The van der Waals surface area contributed by atoms with E-state index in [2.05, 4.69) is 230 Å². The van der Waals surface area contributed by atoms with Crippen LogP contribution in [-0.2, 0) is 0 Å². The van der Waals surface area contributed by atoms with Crippen molar-refractivity contribution in [2.24, 2.45) is 0 Å². The summed E-state index contributed by atoms with van der Waals surface area (Å²) in [5.41, 5.74) is 22.0. The molecule has 0 saturated carbocycles. The van der Waals surface area contributed by atoms with Crippen molar-refractivity contribution >= 4 is 110 Å². The molecular weight excluding hydrogens is 777 g/mol. The van der Waals surface area contributed by atoms with Crippen LogP contribution in [-0.4, -0.2) is 8.80 Å². The van der Waals surface area contributed by atoms with Gasteiger partial charge in [-0.05, 0) is 148 Å². The molecule has 0 N–H and O–H groups in total. The van der Waals surface area contributed by atoms with E-state index in [1.807, 2.05) is 0 Å². The zero-order chi connectivity index (χ0) is 43.1. The average molecular weight is 823 g/mol. The van der Waals surface area contributed by atoms with E-state index in [4.69, 9.17) is 0 Å². The largest absolute Gasteiger partial charge is 0.310 e. The van der Waals surface area contributed by atoms with Crippen molar-refractivity contribution in [1.82, 2.24) is 8.80 Å². The summed E-state index contributed by atoms with van der Waals surface area (Å²) in [6.45, 7) is 13.2. The maximum Gasteiger partial charge on any atom is 0.0620 e. The Balaban J connectivity index is 1.08. The number of fused-ring (bicyclic) bond motifs is 12. The van der Waals surface area contributed by atoms with Crippen LogP contribution in [0.1, 0.15) is 33.4 Å². The van der Waals surface area contributed by atoms with Gasteiger partial charge in [0.25, 0.3) is 0 Å². The second-order valence-corrected chi connectivity index (χ2v) is 18.3. The van der Waals surface area contributed by atoms with E-state index in [0.29, 0.717) is 0 Å². The first-order chi connectivity index (χ1) is 31.2. The maximum atomic E-state index is 2.55. The Hall–Kier alpha value is -7.82. The predicted octanol–water partition coefficient (Wildman–Crippen LogP) is 16.8. The van der Waals surface area contributed by atoms with Crippen molar-refractivity contribution in [3.8, 4) is 0 Å². The van der Waals surface area contributed by atoms with E-state index < -0.39 is 0 Å². The van der Waals surface area contributed by atoms with Crippen molar-refractivity contribution in [2.45, 2.75) is 41.5 Å². The molecule has 4 nitrogen and oxygen atoms in total. The highest BCUT2D eigenvalue weighted by molar-refractivity contribution is 6.29. The lowest BCUT2D eigenvalue weighted by Gasteiger charge is -2.28. The van der Waals surface area contributed by atoms with Gasteiger partial charge in [-0.2, -0.15) is 0 Å². The lowest BCUT2D eigenvalue weighted by Crippen LogP contribution is -2.11. The van der Waals surface area contributed by atoms with Crippen molar-refractivity contribution in [1.29, 1.82) is 0 Å². The van der Waals surface area contributed by atoms with Gasteiger partial charge in [-0.1, -0.05) is 97.1 Å². The van der Waals surface area contributed by atoms with Crippen LogP contribution < -0.4 is 9.80 Å². The van der Waals surface area contributed by atoms with Gasteiger partial charge in [-0.25, -0.2) is 0 Å². The van der Waals surface area contributed by atoms with Crippen molar-refractivity contribution in [3.63, 3.8) is 0 Å². The summed E-state index contributed by atoms with van der Waals surface area (Å²) in [4.78, 5) is 4.87. The third kappa shape index (κ3) is 5.17. The molecule has 0 bridgehead atoms. The second kappa shape index (κ2) is 13.3. The summed E-state index contributed by atoms with van der Waals surface area (Å²) in [7, 11) is 0. The number of aromatic nitrogens is 2. The van der Waals surface area contributed by atoms with Gasteiger partial charge in [0.05, 0.1) is 33.1 Å². The number of anilines is 6. The maximum absolute atomic E-state index is 2.55. The fourth-order valence-electron chi connectivity index (χ4n) is 11.3. The van der Waals surface area contributed by atoms with Crippen LogP contribution in [0.3, 0.4) is 0 Å². The molecule has 64 heavy (non-hydrogen) atoms. The first-order valence-corrected chi connectivity index (χ1v) is 22.4. The first kappa shape index (κ1) is 36.8. The highest BCUT2D eigenvalue weighted by Gasteiger charge is 2.25. The number of aryl methyl sites for hydroxylation is 6. The Kier molecular flexibility index (Phi) is 7.67. The summed E-state index contributed by atoms with van der Waals surface area (Å²) < 4.78 is 5.09. The molecule has 0 fully saturated rings. The fraction of sp³-hybridized carbons (Fsp3) is 0.100. The Morgan fingerprint density at radius 2 is 0.641 bits per heavy atom. The molecule has 0 aliphatic rings. The van der Waals surface area contributed by atoms with Gasteiger partial charge < -0.3 is 18.6 Å². The predicted molar refractivity (Wildman–Crippen MR) is 274 cm³/mol. The van der Waals surface area contributed by atoms with Crippen LogP contribution in [0.25, 0.3) is 76.2 Å². The van der Waals surface area contributed by atoms with Crippen LogP contribution in [0.15, 0.2) is 170 Å². The summed E-state index contributed by atoms with van der Waals surface area (Å²) in [6.07, 6.45) is 0. The third-order valence-corrected chi connectivity index (χ3v) is 13.9. The van der Waals surface area contributed by atoms with Gasteiger partial charge >= 0.3 is 0 Å². The van der Waals surface area contributed by atoms with E-state index in [1.54, 1.807) is 0 Å². The van der Waals surface area contributed by atoms with E-state index in [1.165, 1.54) is 132 Å². The molecule has 4 heteroatoms. The minimum Gasteiger partial charge on any atom is -0.310 e. The Morgan fingerprint density at radius 1 is 0.281 bits per heavy atom. The molecule has 4 heterocycles. The number of hydrogen-bond acceptors (Lipinski definition) is 2. The van der Waals surface area contributed by atoms with Gasteiger partial charge in [-0.3, -0.25) is 0 Å². The third-order valence-electron chi connectivity index (χ3n) is 13.9. The highest BCUT2D eigenvalue weighted by atomic mass is 15.2. The topological polar surface area (TPSA) is 15.3 Å². The minimum atomic E-state index is 1.14. The molecule has 9 aromatic carbocycles. The monoisotopic (exact) mass is 822 g/mol. The normalized spacial score (nSPS) is 12.2. The van der Waals surface area contributed by atoms with Crippen molar-refractivity contribution < 1.29 is 0 Å². The van der Waals surface area contributed by atoms with Crippen LogP contribution in [0.5, 0.6) is 0 Å². The van der Waals surface area contributed by atoms with E-state index >= 15 is 0 Å².